The van der Waals surface area contributed by atoms with Crippen LogP contribution in [0, 0.1) is 17.8 Å². The fourth-order valence-electron chi connectivity index (χ4n) is 1.84. The molecule has 1 aliphatic heterocycles. The van der Waals surface area contributed by atoms with Gasteiger partial charge in [0.2, 0.25) is 5.91 Å². The molecule has 1 aliphatic rings. The molecule has 0 aromatic carbocycles. The Kier molecular flexibility index (Phi) is 2.53. The van der Waals surface area contributed by atoms with Crippen molar-refractivity contribution in [2.24, 2.45) is 17.8 Å². The molecule has 2 atom stereocenters. The maximum atomic E-state index is 10.9. The molecule has 2 nitrogen and oxygen atoms in total. The third-order valence-electron chi connectivity index (χ3n) is 2.63. The fraction of sp³-hybridized carbons (Fsp3) is 0.889. The van der Waals surface area contributed by atoms with Crippen molar-refractivity contribution in [3.8, 4) is 0 Å². The summed E-state index contributed by atoms with van der Waals surface area (Å²) in [6.07, 6.45) is 0.711. The lowest BCUT2D eigenvalue weighted by Crippen LogP contribution is -2.41. The number of hydrogen-bond acceptors (Lipinski definition) is 1. The Bertz CT molecular complexity index is 154. The highest BCUT2D eigenvalue weighted by Crippen LogP contribution is 2.25. The van der Waals surface area contributed by atoms with Gasteiger partial charge in [-0.05, 0) is 17.8 Å². The highest BCUT2D eigenvalue weighted by molar-refractivity contribution is 5.76. The van der Waals surface area contributed by atoms with E-state index in [-0.39, 0.29) is 5.91 Å². The van der Waals surface area contributed by atoms with E-state index in [4.69, 9.17) is 0 Å². The van der Waals surface area contributed by atoms with E-state index in [0.717, 1.165) is 6.54 Å². The summed E-state index contributed by atoms with van der Waals surface area (Å²) in [5, 5.41) is 2.90. The highest BCUT2D eigenvalue weighted by atomic mass is 16.1. The zero-order valence-electron chi connectivity index (χ0n) is 7.55. The van der Waals surface area contributed by atoms with E-state index < -0.39 is 0 Å². The summed E-state index contributed by atoms with van der Waals surface area (Å²) in [7, 11) is 0. The van der Waals surface area contributed by atoms with Gasteiger partial charge in [-0.25, -0.2) is 0 Å². The first-order valence-corrected chi connectivity index (χ1v) is 4.38. The predicted molar refractivity (Wildman–Crippen MR) is 45.1 cm³/mol. The fourth-order valence-corrected chi connectivity index (χ4v) is 1.84. The average molecular weight is 155 g/mol. The molecule has 64 valence electrons. The minimum absolute atomic E-state index is 0.217. The van der Waals surface area contributed by atoms with E-state index in [1.54, 1.807) is 0 Å². The minimum Gasteiger partial charge on any atom is -0.356 e. The second kappa shape index (κ2) is 3.24. The van der Waals surface area contributed by atoms with Crippen LogP contribution in [0.1, 0.15) is 27.2 Å². The quantitative estimate of drug-likeness (QED) is 0.609. The van der Waals surface area contributed by atoms with Crippen LogP contribution in [-0.2, 0) is 4.79 Å². The Morgan fingerprint density at radius 1 is 1.55 bits per heavy atom. The van der Waals surface area contributed by atoms with Crippen LogP contribution in [-0.4, -0.2) is 12.5 Å². The molecule has 0 aromatic heterocycles. The molecule has 2 heteroatoms. The van der Waals surface area contributed by atoms with Crippen LogP contribution in [0.3, 0.4) is 0 Å². The van der Waals surface area contributed by atoms with Crippen LogP contribution < -0.4 is 5.32 Å². The Hall–Kier alpha value is -0.530. The van der Waals surface area contributed by atoms with Gasteiger partial charge < -0.3 is 5.32 Å². The number of nitrogens with one attached hydrogen (secondary N) is 1. The normalized spacial score (nSPS) is 32.2. The largest absolute Gasteiger partial charge is 0.356 e. The van der Waals surface area contributed by atoms with Crippen molar-refractivity contribution in [2.45, 2.75) is 27.2 Å². The molecule has 1 heterocycles. The molecule has 11 heavy (non-hydrogen) atoms. The summed E-state index contributed by atoms with van der Waals surface area (Å²) in [6.45, 7) is 7.48. The first-order valence-electron chi connectivity index (χ1n) is 4.38. The summed E-state index contributed by atoms with van der Waals surface area (Å²) in [5.74, 6) is 2.14. The maximum Gasteiger partial charge on any atom is 0.220 e. The molecule has 1 amide bonds. The van der Waals surface area contributed by atoms with Gasteiger partial charge in [-0.3, -0.25) is 4.79 Å². The van der Waals surface area contributed by atoms with Gasteiger partial charge in [-0.2, -0.15) is 0 Å². The lowest BCUT2D eigenvalue weighted by molar-refractivity contribution is -0.124. The van der Waals surface area contributed by atoms with Gasteiger partial charge >= 0.3 is 0 Å². The molecular weight excluding hydrogens is 138 g/mol. The Balaban J connectivity index is 2.50. The van der Waals surface area contributed by atoms with Crippen molar-refractivity contribution in [3.63, 3.8) is 0 Å². The SMILES string of the molecule is CC(C)C1CNC(=O)CC1C. The average Bonchev–Trinajstić information content (AvgIpc) is 1.85. The Morgan fingerprint density at radius 2 is 2.18 bits per heavy atom. The Labute approximate surface area is 68.4 Å². The van der Waals surface area contributed by atoms with Crippen LogP contribution >= 0.6 is 0 Å². The molecule has 1 fully saturated rings. The summed E-state index contributed by atoms with van der Waals surface area (Å²) < 4.78 is 0. The first kappa shape index (κ1) is 8.57. The van der Waals surface area contributed by atoms with Crippen molar-refractivity contribution in [1.29, 1.82) is 0 Å². The van der Waals surface area contributed by atoms with E-state index in [9.17, 15) is 4.79 Å². The molecule has 0 bridgehead atoms. The van der Waals surface area contributed by atoms with Crippen LogP contribution in [0.15, 0.2) is 0 Å². The van der Waals surface area contributed by atoms with Gasteiger partial charge in [0.15, 0.2) is 0 Å². The molecule has 0 aromatic rings. The van der Waals surface area contributed by atoms with Crippen LogP contribution in [0.25, 0.3) is 0 Å². The van der Waals surface area contributed by atoms with Gasteiger partial charge in [-0.1, -0.05) is 20.8 Å². The van der Waals surface area contributed by atoms with Crippen molar-refractivity contribution >= 4 is 5.91 Å². The molecule has 0 radical (unpaired) electrons. The molecule has 1 saturated heterocycles. The van der Waals surface area contributed by atoms with Crippen molar-refractivity contribution < 1.29 is 4.79 Å². The highest BCUT2D eigenvalue weighted by Gasteiger charge is 2.27. The van der Waals surface area contributed by atoms with E-state index in [0.29, 0.717) is 24.2 Å². The van der Waals surface area contributed by atoms with Crippen LogP contribution in [0.2, 0.25) is 0 Å². The molecule has 1 N–H and O–H groups in total. The lowest BCUT2D eigenvalue weighted by Gasteiger charge is -2.31. The molecule has 0 spiro atoms. The van der Waals surface area contributed by atoms with Crippen LogP contribution in [0.5, 0.6) is 0 Å². The third-order valence-corrected chi connectivity index (χ3v) is 2.63. The zero-order chi connectivity index (χ0) is 8.43. The molecule has 2 unspecified atom stereocenters. The van der Waals surface area contributed by atoms with Gasteiger partial charge in [0.25, 0.3) is 0 Å². The molecule has 0 saturated carbocycles. The number of piperidine rings is 1. The van der Waals surface area contributed by atoms with Gasteiger partial charge in [0, 0.05) is 13.0 Å². The van der Waals surface area contributed by atoms with Gasteiger partial charge in [0.05, 0.1) is 0 Å². The first-order chi connectivity index (χ1) is 5.11. The second-order valence-electron chi connectivity index (χ2n) is 3.89. The summed E-state index contributed by atoms with van der Waals surface area (Å²) in [4.78, 5) is 10.9. The minimum atomic E-state index is 0.217. The van der Waals surface area contributed by atoms with Crippen molar-refractivity contribution in [3.05, 3.63) is 0 Å². The predicted octanol–water partition coefficient (Wildman–Crippen LogP) is 1.41. The summed E-state index contributed by atoms with van der Waals surface area (Å²) >= 11 is 0. The number of rotatable bonds is 1. The third kappa shape index (κ3) is 1.95. The standard InChI is InChI=1S/C9H17NO/c1-6(2)8-5-10-9(11)4-7(8)3/h6-8H,4-5H2,1-3H3,(H,10,11). The van der Waals surface area contributed by atoms with E-state index in [1.807, 2.05) is 0 Å². The van der Waals surface area contributed by atoms with Crippen LogP contribution in [0.4, 0.5) is 0 Å². The maximum absolute atomic E-state index is 10.9. The molecule has 1 rings (SSSR count). The number of amides is 1. The zero-order valence-corrected chi connectivity index (χ0v) is 7.55. The summed E-state index contributed by atoms with van der Waals surface area (Å²) in [6, 6.07) is 0. The number of carbonyl (C=O) groups excluding carboxylic acids is 1. The molecule has 0 aliphatic carbocycles. The van der Waals surface area contributed by atoms with Crippen molar-refractivity contribution in [2.75, 3.05) is 6.54 Å². The second-order valence-corrected chi connectivity index (χ2v) is 3.89. The smallest absolute Gasteiger partial charge is 0.220 e. The topological polar surface area (TPSA) is 29.1 Å². The molecular formula is C9H17NO. The number of carbonyl (C=O) groups is 1. The lowest BCUT2D eigenvalue weighted by atomic mass is 9.80. The van der Waals surface area contributed by atoms with E-state index in [1.165, 1.54) is 0 Å². The van der Waals surface area contributed by atoms with Crippen molar-refractivity contribution in [1.82, 2.24) is 5.32 Å². The number of hydrogen-bond donors (Lipinski definition) is 1. The van der Waals surface area contributed by atoms with Gasteiger partial charge in [0.1, 0.15) is 0 Å². The van der Waals surface area contributed by atoms with Gasteiger partial charge in [-0.15, -0.1) is 0 Å². The monoisotopic (exact) mass is 155 g/mol. The Morgan fingerprint density at radius 3 is 2.64 bits per heavy atom. The van der Waals surface area contributed by atoms with E-state index >= 15 is 0 Å². The van der Waals surface area contributed by atoms with E-state index in [2.05, 4.69) is 26.1 Å². The summed E-state index contributed by atoms with van der Waals surface area (Å²) in [5.41, 5.74) is 0.